The highest BCUT2D eigenvalue weighted by atomic mass is 35.5. The Labute approximate surface area is 195 Å². The van der Waals surface area contributed by atoms with E-state index >= 15 is 0 Å². The van der Waals surface area contributed by atoms with Crippen molar-refractivity contribution in [3.05, 3.63) is 75.9 Å². The van der Waals surface area contributed by atoms with Crippen molar-refractivity contribution in [2.75, 3.05) is 27.2 Å². The van der Waals surface area contributed by atoms with Crippen molar-refractivity contribution in [2.45, 2.75) is 19.1 Å². The first-order valence-electron chi connectivity index (χ1n) is 10.5. The number of aromatic nitrogens is 2. The summed E-state index contributed by atoms with van der Waals surface area (Å²) in [6, 6.07) is 8.76. The van der Waals surface area contributed by atoms with Crippen LogP contribution in [0, 0.1) is 6.92 Å². The molecular weight excluding hydrogens is 446 g/mol. The molecule has 33 heavy (non-hydrogen) atoms. The van der Waals surface area contributed by atoms with Crippen LogP contribution >= 0.6 is 11.6 Å². The molecule has 0 radical (unpaired) electrons. The average Bonchev–Trinajstić information content (AvgIpc) is 3.50. The van der Waals surface area contributed by atoms with E-state index in [2.05, 4.69) is 5.16 Å². The van der Waals surface area contributed by atoms with Crippen LogP contribution in [0.4, 0.5) is 0 Å². The van der Waals surface area contributed by atoms with Gasteiger partial charge in [-0.3, -0.25) is 14.4 Å². The molecule has 0 aliphatic carbocycles. The molecule has 3 aromatic rings. The molecule has 0 saturated carbocycles. The predicted octanol–water partition coefficient (Wildman–Crippen LogP) is 2.60. The standard InChI is InChI=1S/C23H22ClN5O4/c1-14-18(12-33-25-14)21(31)28-8-9-29-22(32)19-10-15(20(30)26(2)3)11-27(19)13-23(28,29)16-4-6-17(24)7-5-16/h4-7,10-12H,8-9,13H2,1-3H3. The zero-order valence-electron chi connectivity index (χ0n) is 18.4. The van der Waals surface area contributed by atoms with E-state index in [4.69, 9.17) is 16.1 Å². The van der Waals surface area contributed by atoms with Gasteiger partial charge >= 0.3 is 0 Å². The average molecular weight is 468 g/mol. The van der Waals surface area contributed by atoms with Crippen molar-refractivity contribution in [1.82, 2.24) is 24.4 Å². The van der Waals surface area contributed by atoms with Gasteiger partial charge in [0.25, 0.3) is 17.7 Å². The molecule has 5 rings (SSSR count). The zero-order chi connectivity index (χ0) is 23.5. The normalized spacial score (nSPS) is 19.5. The number of nitrogens with zero attached hydrogens (tertiary/aromatic N) is 5. The Balaban J connectivity index is 1.67. The number of rotatable bonds is 3. The molecule has 2 aliphatic rings. The second-order valence-electron chi connectivity index (χ2n) is 8.49. The first-order chi connectivity index (χ1) is 15.7. The smallest absolute Gasteiger partial charge is 0.272 e. The van der Waals surface area contributed by atoms with E-state index < -0.39 is 5.66 Å². The zero-order valence-corrected chi connectivity index (χ0v) is 19.2. The summed E-state index contributed by atoms with van der Waals surface area (Å²) in [4.78, 5) is 44.7. The van der Waals surface area contributed by atoms with E-state index in [9.17, 15) is 14.4 Å². The van der Waals surface area contributed by atoms with Gasteiger partial charge in [-0.05, 0) is 25.1 Å². The third-order valence-corrected chi connectivity index (χ3v) is 6.63. The summed E-state index contributed by atoms with van der Waals surface area (Å²) in [5.41, 5.74) is 1.32. The molecule has 0 bridgehead atoms. The van der Waals surface area contributed by atoms with E-state index in [1.807, 2.05) is 12.1 Å². The Morgan fingerprint density at radius 3 is 2.55 bits per heavy atom. The summed E-state index contributed by atoms with van der Waals surface area (Å²) in [5, 5.41) is 4.39. The Bertz CT molecular complexity index is 1280. The minimum Gasteiger partial charge on any atom is -0.364 e. The van der Waals surface area contributed by atoms with E-state index in [0.717, 1.165) is 5.56 Å². The first-order valence-corrected chi connectivity index (χ1v) is 10.8. The van der Waals surface area contributed by atoms with E-state index in [0.29, 0.717) is 40.6 Å². The number of amides is 3. The van der Waals surface area contributed by atoms with Crippen molar-refractivity contribution in [1.29, 1.82) is 0 Å². The molecule has 0 N–H and O–H groups in total. The molecule has 1 unspecified atom stereocenters. The van der Waals surface area contributed by atoms with Crippen LogP contribution in [-0.2, 0) is 12.2 Å². The van der Waals surface area contributed by atoms with Crippen molar-refractivity contribution >= 4 is 29.3 Å². The second-order valence-corrected chi connectivity index (χ2v) is 8.93. The molecule has 3 amide bonds. The van der Waals surface area contributed by atoms with Crippen LogP contribution in [0.1, 0.15) is 42.5 Å². The molecule has 1 atom stereocenters. The minimum atomic E-state index is -1.09. The van der Waals surface area contributed by atoms with Crippen molar-refractivity contribution in [3.8, 4) is 0 Å². The lowest BCUT2D eigenvalue weighted by atomic mass is 9.93. The Kier molecular flexibility index (Phi) is 4.82. The lowest BCUT2D eigenvalue weighted by Crippen LogP contribution is -2.60. The third kappa shape index (κ3) is 3.06. The van der Waals surface area contributed by atoms with Crippen LogP contribution in [0.25, 0.3) is 0 Å². The monoisotopic (exact) mass is 467 g/mol. The van der Waals surface area contributed by atoms with Crippen LogP contribution in [0.15, 0.2) is 47.3 Å². The predicted molar refractivity (Wildman–Crippen MR) is 119 cm³/mol. The molecule has 1 aromatic carbocycles. The maximum absolute atomic E-state index is 13.7. The number of hydrogen-bond acceptors (Lipinski definition) is 5. The van der Waals surface area contributed by atoms with Crippen LogP contribution in [0.3, 0.4) is 0 Å². The SMILES string of the molecule is Cc1nocc1C(=O)N1CCN2C(=O)c3cc(C(=O)N(C)C)cn3CC12c1ccc(Cl)cc1. The summed E-state index contributed by atoms with van der Waals surface area (Å²) < 4.78 is 6.76. The van der Waals surface area contributed by atoms with E-state index in [1.165, 1.54) is 11.2 Å². The Morgan fingerprint density at radius 1 is 1.18 bits per heavy atom. The molecule has 4 heterocycles. The molecule has 1 saturated heterocycles. The van der Waals surface area contributed by atoms with Crippen LogP contribution in [-0.4, -0.2) is 69.3 Å². The van der Waals surface area contributed by atoms with Crippen LogP contribution in [0.2, 0.25) is 5.02 Å². The van der Waals surface area contributed by atoms with Gasteiger partial charge in [-0.25, -0.2) is 0 Å². The lowest BCUT2D eigenvalue weighted by molar-refractivity contribution is -0.00599. The molecule has 1 fully saturated rings. The largest absolute Gasteiger partial charge is 0.364 e. The molecule has 2 aliphatic heterocycles. The van der Waals surface area contributed by atoms with Gasteiger partial charge in [-0.15, -0.1) is 0 Å². The fourth-order valence-electron chi connectivity index (χ4n) is 4.76. The Morgan fingerprint density at radius 2 is 1.91 bits per heavy atom. The topological polar surface area (TPSA) is 91.9 Å². The summed E-state index contributed by atoms with van der Waals surface area (Å²) >= 11 is 6.14. The number of halogens is 1. The lowest BCUT2D eigenvalue weighted by Gasteiger charge is -2.47. The van der Waals surface area contributed by atoms with Gasteiger partial charge in [0.1, 0.15) is 17.5 Å². The number of fused-ring (bicyclic) bond motifs is 2. The molecule has 2 aromatic heterocycles. The van der Waals surface area contributed by atoms with E-state index in [1.54, 1.807) is 59.8 Å². The number of benzene rings is 1. The van der Waals surface area contributed by atoms with Gasteiger partial charge in [0.15, 0.2) is 5.66 Å². The molecule has 0 spiro atoms. The van der Waals surface area contributed by atoms with Gasteiger partial charge in [0, 0.05) is 44.0 Å². The Hall–Kier alpha value is -3.59. The summed E-state index contributed by atoms with van der Waals surface area (Å²) in [6.07, 6.45) is 3.01. The number of carbonyl (C=O) groups excluding carboxylic acids is 3. The molecule has 9 nitrogen and oxygen atoms in total. The summed E-state index contributed by atoms with van der Waals surface area (Å²) in [7, 11) is 3.33. The van der Waals surface area contributed by atoms with Crippen molar-refractivity contribution < 1.29 is 18.9 Å². The van der Waals surface area contributed by atoms with Gasteiger partial charge in [-0.1, -0.05) is 28.9 Å². The highest BCUT2D eigenvalue weighted by Crippen LogP contribution is 2.44. The molecule has 10 heteroatoms. The molecular formula is C23H22ClN5O4. The summed E-state index contributed by atoms with van der Waals surface area (Å²) in [5.74, 6) is -0.719. The number of aryl methyl sites for hydroxylation is 1. The maximum Gasteiger partial charge on any atom is 0.272 e. The maximum atomic E-state index is 13.7. The van der Waals surface area contributed by atoms with Crippen molar-refractivity contribution in [2.24, 2.45) is 0 Å². The third-order valence-electron chi connectivity index (χ3n) is 6.38. The van der Waals surface area contributed by atoms with Gasteiger partial charge in [0.05, 0.1) is 17.8 Å². The fourth-order valence-corrected chi connectivity index (χ4v) is 4.89. The molecule has 170 valence electrons. The van der Waals surface area contributed by atoms with E-state index in [-0.39, 0.29) is 24.3 Å². The fraction of sp³-hybridized carbons (Fsp3) is 0.304. The quantitative estimate of drug-likeness (QED) is 0.590. The summed E-state index contributed by atoms with van der Waals surface area (Å²) in [6.45, 7) is 2.66. The number of hydrogen-bond donors (Lipinski definition) is 0. The van der Waals surface area contributed by atoms with Gasteiger partial charge in [-0.2, -0.15) is 0 Å². The highest BCUT2D eigenvalue weighted by Gasteiger charge is 2.56. The van der Waals surface area contributed by atoms with Crippen LogP contribution < -0.4 is 0 Å². The second kappa shape index (κ2) is 7.48. The number of carbonyl (C=O) groups is 3. The van der Waals surface area contributed by atoms with Gasteiger partial charge < -0.3 is 23.8 Å². The first kappa shape index (κ1) is 21.3. The van der Waals surface area contributed by atoms with Crippen LogP contribution in [0.5, 0.6) is 0 Å². The van der Waals surface area contributed by atoms with Gasteiger partial charge in [0.2, 0.25) is 0 Å². The minimum absolute atomic E-state index is 0.196. The van der Waals surface area contributed by atoms with Crippen molar-refractivity contribution in [3.63, 3.8) is 0 Å². The highest BCUT2D eigenvalue weighted by molar-refractivity contribution is 6.30.